The molecule has 0 aliphatic heterocycles. The Bertz CT molecular complexity index is 352. The monoisotopic (exact) mass is 224 g/mol. The Kier molecular flexibility index (Phi) is 2.94. The van der Waals surface area contributed by atoms with Crippen molar-refractivity contribution in [3.05, 3.63) is 38.8 Å². The molecule has 0 nitrogen and oxygen atoms in total. The van der Waals surface area contributed by atoms with Gasteiger partial charge in [0.05, 0.1) is 0 Å². The zero-order valence-corrected chi connectivity index (χ0v) is 10.6. The zero-order valence-electron chi connectivity index (χ0n) is 8.02. The Morgan fingerprint density at radius 3 is 2.77 bits per heavy atom. The molecule has 1 aliphatic carbocycles. The second-order valence-electron chi connectivity index (χ2n) is 3.42. The molecule has 2 rings (SSSR count). The Morgan fingerprint density at radius 1 is 1.38 bits per heavy atom. The third kappa shape index (κ3) is 2.07. The van der Waals surface area contributed by atoms with Gasteiger partial charge in [0.15, 0.2) is 0 Å². The summed E-state index contributed by atoms with van der Waals surface area (Å²) in [6.07, 6.45) is 8.00. The van der Waals surface area contributed by atoms with E-state index in [1.807, 2.05) is 0 Å². The second-order valence-corrected chi connectivity index (χ2v) is 6.92. The Morgan fingerprint density at radius 2 is 2.23 bits per heavy atom. The van der Waals surface area contributed by atoms with Crippen molar-refractivity contribution in [2.24, 2.45) is 0 Å². The van der Waals surface area contributed by atoms with Crippen molar-refractivity contribution >= 4 is 12.1 Å². The summed E-state index contributed by atoms with van der Waals surface area (Å²) in [7, 11) is 0.967. The van der Waals surface area contributed by atoms with E-state index in [0.29, 0.717) is 0 Å². The molecule has 1 atom stereocenters. The summed E-state index contributed by atoms with van der Waals surface area (Å²) in [4.78, 5) is 0. The molecule has 0 aromatic carbocycles. The average molecular weight is 224 g/mol. The number of hydrogen-bond donors (Lipinski definition) is 0. The second kappa shape index (κ2) is 4.01. The topological polar surface area (TPSA) is 0 Å². The fourth-order valence-electron chi connectivity index (χ4n) is 1.55. The van der Waals surface area contributed by atoms with Crippen molar-refractivity contribution < 1.29 is 19.2 Å². The van der Waals surface area contributed by atoms with Crippen LogP contribution in [0.1, 0.15) is 17.3 Å². The number of allylic oxidation sites excluding steroid dienone is 4. The molecule has 0 radical (unpaired) electrons. The summed E-state index contributed by atoms with van der Waals surface area (Å²) in [6.45, 7) is 4.57. The first-order valence-corrected chi connectivity index (χ1v) is 7.18. The van der Waals surface area contributed by atoms with Crippen molar-refractivity contribution in [2.75, 3.05) is 0 Å². The van der Waals surface area contributed by atoms with Gasteiger partial charge >= 0.3 is 90.2 Å². The van der Waals surface area contributed by atoms with E-state index in [1.54, 1.807) is 18.6 Å². The first-order valence-electron chi connectivity index (χ1n) is 4.54. The van der Waals surface area contributed by atoms with Crippen LogP contribution in [0.15, 0.2) is 27.9 Å². The summed E-state index contributed by atoms with van der Waals surface area (Å²) in [5.41, 5.74) is 1.56. The van der Waals surface area contributed by atoms with E-state index < -0.39 is 0 Å². The number of rotatable bonds is 2. The fraction of sp³-hybridized carbons (Fsp3) is 0.273. The van der Waals surface area contributed by atoms with Gasteiger partial charge in [0.1, 0.15) is 0 Å². The van der Waals surface area contributed by atoms with Crippen LogP contribution in [0.25, 0.3) is 0 Å². The minimum atomic E-state index is 0.0150. The van der Waals surface area contributed by atoms with Crippen LogP contribution in [0.3, 0.4) is 0 Å². The molecule has 1 aromatic rings. The standard InChI is InChI=1S/C6H8P.C5H5.Ti/c1-5-3-6(2)7-4-5;1-2-4-5-3-1;/h4,7H,1-2H3;1-3H,4H2;. The predicted molar refractivity (Wildman–Crippen MR) is 56.9 cm³/mol. The van der Waals surface area contributed by atoms with Crippen LogP contribution in [0, 0.1) is 13.8 Å². The minimum absolute atomic E-state index is 0.0150. The molecule has 1 aromatic heterocycles. The van der Waals surface area contributed by atoms with Gasteiger partial charge in [-0.1, -0.05) is 0 Å². The van der Waals surface area contributed by atoms with Crippen molar-refractivity contribution in [1.82, 2.24) is 0 Å². The van der Waals surface area contributed by atoms with E-state index in [1.165, 1.54) is 6.42 Å². The van der Waals surface area contributed by atoms with Crippen LogP contribution in [0.2, 0.25) is 0 Å². The van der Waals surface area contributed by atoms with Gasteiger partial charge in [-0.15, -0.1) is 0 Å². The van der Waals surface area contributed by atoms with Gasteiger partial charge in [-0.2, -0.15) is 0 Å². The third-order valence-corrected chi connectivity index (χ3v) is 6.65. The van der Waals surface area contributed by atoms with Gasteiger partial charge in [0.2, 0.25) is 0 Å². The van der Waals surface area contributed by atoms with E-state index in [4.69, 9.17) is 0 Å². The van der Waals surface area contributed by atoms with E-state index in [0.717, 1.165) is 8.19 Å². The summed E-state index contributed by atoms with van der Waals surface area (Å²) in [5.74, 6) is 2.40. The molecule has 1 heterocycles. The quantitative estimate of drug-likeness (QED) is 0.677. The molecule has 0 saturated heterocycles. The predicted octanol–water partition coefficient (Wildman–Crippen LogP) is 2.89. The number of hydrogen-bond acceptors (Lipinski definition) is 0. The van der Waals surface area contributed by atoms with Crippen molar-refractivity contribution in [3.8, 4) is 0 Å². The first kappa shape index (κ1) is 9.53. The Balaban J connectivity index is 2.17. The van der Waals surface area contributed by atoms with Crippen LogP contribution in [-0.2, 0) is 19.2 Å². The molecule has 0 amide bonds. The summed E-state index contributed by atoms with van der Waals surface area (Å²) < 4.78 is 3.40. The van der Waals surface area contributed by atoms with Gasteiger partial charge in [0.25, 0.3) is 0 Å². The Labute approximate surface area is 90.1 Å². The van der Waals surface area contributed by atoms with Gasteiger partial charge in [-0.25, -0.2) is 0 Å². The number of aryl methyl sites for hydroxylation is 2. The molecule has 0 bridgehead atoms. The summed E-state index contributed by atoms with van der Waals surface area (Å²) >= 11 is 0.0150. The van der Waals surface area contributed by atoms with Crippen LogP contribution in [0.4, 0.5) is 0 Å². The fourth-order valence-corrected chi connectivity index (χ4v) is 5.13. The zero-order chi connectivity index (χ0) is 9.26. The van der Waals surface area contributed by atoms with Gasteiger partial charge in [0, 0.05) is 0 Å². The van der Waals surface area contributed by atoms with E-state index in [9.17, 15) is 0 Å². The van der Waals surface area contributed by atoms with Crippen LogP contribution in [0.5, 0.6) is 0 Å². The van der Waals surface area contributed by atoms with E-state index in [-0.39, 0.29) is 19.2 Å². The SMILES string of the molecule is Cc1c[pH]c(C)[c]1[Ti][C]1=CC=CC1. The molecule has 0 spiro atoms. The molecule has 1 aliphatic rings. The van der Waals surface area contributed by atoms with Crippen molar-refractivity contribution in [1.29, 1.82) is 0 Å². The van der Waals surface area contributed by atoms with Crippen LogP contribution in [-0.4, -0.2) is 0 Å². The summed E-state index contributed by atoms with van der Waals surface area (Å²) in [6, 6.07) is 0. The maximum absolute atomic E-state index is 2.40. The first-order chi connectivity index (χ1) is 6.27. The summed E-state index contributed by atoms with van der Waals surface area (Å²) in [5, 5.41) is 1.64. The van der Waals surface area contributed by atoms with Gasteiger partial charge in [-0.05, 0) is 0 Å². The van der Waals surface area contributed by atoms with E-state index >= 15 is 0 Å². The molecule has 66 valence electrons. The molecule has 13 heavy (non-hydrogen) atoms. The van der Waals surface area contributed by atoms with Crippen LogP contribution >= 0.6 is 8.19 Å². The molecule has 0 saturated carbocycles. The third-order valence-electron chi connectivity index (χ3n) is 2.33. The van der Waals surface area contributed by atoms with Crippen LogP contribution < -0.4 is 3.87 Å². The van der Waals surface area contributed by atoms with E-state index in [2.05, 4.69) is 37.9 Å². The van der Waals surface area contributed by atoms with Gasteiger partial charge < -0.3 is 0 Å². The maximum atomic E-state index is 2.40. The molecular formula is C11H13PTi. The average Bonchev–Trinajstić information content (AvgIpc) is 2.70. The van der Waals surface area contributed by atoms with Crippen molar-refractivity contribution in [2.45, 2.75) is 20.3 Å². The van der Waals surface area contributed by atoms with Crippen molar-refractivity contribution in [3.63, 3.8) is 0 Å². The van der Waals surface area contributed by atoms with Gasteiger partial charge in [-0.3, -0.25) is 0 Å². The molecule has 1 unspecified atom stereocenters. The normalized spacial score (nSPS) is 15.4. The molecular weight excluding hydrogens is 211 g/mol. The molecule has 0 N–H and O–H groups in total. The molecule has 0 fully saturated rings. The molecule has 2 heteroatoms. The Hall–Kier alpha value is -0.0257.